The summed E-state index contributed by atoms with van der Waals surface area (Å²) >= 11 is 7.95. The Kier molecular flexibility index (Phi) is 7.03. The van der Waals surface area contributed by atoms with Crippen LogP contribution in [0.5, 0.6) is 0 Å². The second-order valence-corrected chi connectivity index (χ2v) is 13.8. The van der Waals surface area contributed by atoms with E-state index in [2.05, 4.69) is 73.7 Å². The molecule has 0 aliphatic carbocycles. The maximum absolute atomic E-state index is 7.95. The highest BCUT2D eigenvalue weighted by Gasteiger charge is 2.50. The van der Waals surface area contributed by atoms with Crippen LogP contribution >= 0.6 is 11.1 Å². The molecule has 2 aromatic rings. The molecule has 2 bridgehead atoms. The lowest BCUT2D eigenvalue weighted by Gasteiger charge is -2.45. The number of rotatable bonds is 7. The van der Waals surface area contributed by atoms with Gasteiger partial charge in [-0.3, -0.25) is 0 Å². The molecule has 152 valence electrons. The van der Waals surface area contributed by atoms with Gasteiger partial charge in [0.2, 0.25) is 7.38 Å². The highest BCUT2D eigenvalue weighted by Crippen LogP contribution is 2.50. The van der Waals surface area contributed by atoms with Crippen molar-refractivity contribution in [3.63, 3.8) is 0 Å². The summed E-state index contributed by atoms with van der Waals surface area (Å²) in [5, 5.41) is 4.36. The molecule has 0 saturated carbocycles. The molecule has 0 atom stereocenters. The number of hydrogen-bond donors (Lipinski definition) is 0. The highest BCUT2D eigenvalue weighted by molar-refractivity contribution is 7.41. The average molecular weight is 421 g/mol. The van der Waals surface area contributed by atoms with Crippen molar-refractivity contribution in [2.45, 2.75) is 76.3 Å². The molecule has 0 N–H and O–H groups in total. The Labute approximate surface area is 183 Å². The Morgan fingerprint density at radius 3 is 1.83 bits per heavy atom. The third-order valence-electron chi connectivity index (χ3n) is 7.34. The van der Waals surface area contributed by atoms with Gasteiger partial charge in [0.25, 0.3) is 0 Å². The van der Waals surface area contributed by atoms with E-state index in [-0.39, 0.29) is 0 Å². The minimum Gasteiger partial charge on any atom is -0.150 e. The zero-order valence-electron chi connectivity index (χ0n) is 17.8. The van der Waals surface area contributed by atoms with Crippen molar-refractivity contribution in [3.05, 3.63) is 71.8 Å². The van der Waals surface area contributed by atoms with Gasteiger partial charge >= 0.3 is 0 Å². The molecular formula is C26H34BClSi. The maximum atomic E-state index is 7.95. The third kappa shape index (κ3) is 4.30. The lowest BCUT2D eigenvalue weighted by Crippen LogP contribution is -2.60. The van der Waals surface area contributed by atoms with E-state index in [0.29, 0.717) is 6.71 Å². The van der Waals surface area contributed by atoms with Gasteiger partial charge in [-0.1, -0.05) is 142 Å². The van der Waals surface area contributed by atoms with Crippen LogP contribution in [0.15, 0.2) is 71.8 Å². The van der Waals surface area contributed by atoms with E-state index in [9.17, 15) is 0 Å². The predicted octanol–water partition coefficient (Wildman–Crippen LogP) is 6.78. The van der Waals surface area contributed by atoms with Crippen LogP contribution in [0.25, 0.3) is 0 Å². The fraction of sp³-hybridized carbons (Fsp3) is 0.462. The molecule has 0 aromatic heterocycles. The fourth-order valence-electron chi connectivity index (χ4n) is 5.99. The van der Waals surface area contributed by atoms with Gasteiger partial charge in [-0.2, -0.15) is 0 Å². The summed E-state index contributed by atoms with van der Waals surface area (Å²) in [6.07, 6.45) is 14.7. The molecule has 0 amide bonds. The van der Waals surface area contributed by atoms with Gasteiger partial charge in [0.1, 0.15) is 0 Å². The van der Waals surface area contributed by atoms with Crippen LogP contribution in [0.2, 0.25) is 11.6 Å². The molecule has 0 unspecified atom stereocenters. The molecule has 2 fully saturated rings. The zero-order valence-corrected chi connectivity index (χ0v) is 19.6. The second-order valence-electron chi connectivity index (χ2n) is 9.10. The monoisotopic (exact) mass is 420 g/mol. The maximum Gasteiger partial charge on any atom is 0.235 e. The van der Waals surface area contributed by atoms with Gasteiger partial charge < -0.3 is 0 Å². The topological polar surface area (TPSA) is 0 Å². The number of fused-ring (bicyclic) bond motifs is 2. The van der Waals surface area contributed by atoms with Crippen molar-refractivity contribution >= 4 is 35.5 Å². The van der Waals surface area contributed by atoms with Crippen molar-refractivity contribution in [1.29, 1.82) is 0 Å². The molecule has 29 heavy (non-hydrogen) atoms. The first kappa shape index (κ1) is 21.0. The van der Waals surface area contributed by atoms with Gasteiger partial charge in [-0.15, -0.1) is 11.1 Å². The van der Waals surface area contributed by atoms with E-state index in [1.54, 1.807) is 5.10 Å². The Hall–Kier alpha value is -1.25. The minimum atomic E-state index is -2.50. The summed E-state index contributed by atoms with van der Waals surface area (Å²) < 4.78 is 0. The molecule has 4 rings (SSSR count). The fourth-order valence-corrected chi connectivity index (χ4v) is 11.0. The second kappa shape index (κ2) is 9.71. The van der Waals surface area contributed by atoms with E-state index in [4.69, 9.17) is 11.1 Å². The Morgan fingerprint density at radius 2 is 1.38 bits per heavy atom. The number of allylic oxidation sites excluding steroid dienone is 1. The quantitative estimate of drug-likeness (QED) is 0.263. The Bertz CT molecular complexity index is 742. The van der Waals surface area contributed by atoms with Gasteiger partial charge in [0, 0.05) is 0 Å². The smallest absolute Gasteiger partial charge is 0.150 e. The van der Waals surface area contributed by atoms with Crippen LogP contribution in [0, 0.1) is 0 Å². The van der Waals surface area contributed by atoms with Crippen LogP contribution < -0.4 is 10.4 Å². The first-order valence-corrected chi connectivity index (χ1v) is 14.8. The molecule has 0 spiro atoms. The first-order valence-electron chi connectivity index (χ1n) is 11.8. The summed E-state index contributed by atoms with van der Waals surface area (Å²) in [5.41, 5.74) is 0. The molecule has 2 saturated heterocycles. The van der Waals surface area contributed by atoms with Gasteiger partial charge in [-0.05, 0) is 16.8 Å². The van der Waals surface area contributed by atoms with Crippen molar-refractivity contribution in [2.24, 2.45) is 0 Å². The zero-order chi connectivity index (χ0) is 20.1. The van der Waals surface area contributed by atoms with Gasteiger partial charge in [0.05, 0.1) is 0 Å². The molecule has 3 heteroatoms. The summed E-state index contributed by atoms with van der Waals surface area (Å²) in [5.74, 6) is 1.68. The third-order valence-corrected chi connectivity index (χ3v) is 12.9. The number of halogens is 1. The van der Waals surface area contributed by atoms with Crippen molar-refractivity contribution in [2.75, 3.05) is 0 Å². The summed E-state index contributed by atoms with van der Waals surface area (Å²) in [4.78, 5) is 0. The van der Waals surface area contributed by atoms with E-state index in [1.807, 2.05) is 0 Å². The predicted molar refractivity (Wildman–Crippen MR) is 132 cm³/mol. The number of unbranched alkanes of at least 4 members (excludes halogenated alkanes) is 2. The SMILES string of the molecule is CCCC/C=C(/B1C2CCCC1CCC2)[Si](Cl)(c1ccccc1)c1ccccc1. The molecule has 2 aliphatic heterocycles. The first-order chi connectivity index (χ1) is 14.2. The van der Waals surface area contributed by atoms with Crippen molar-refractivity contribution in [3.8, 4) is 0 Å². The summed E-state index contributed by atoms with van der Waals surface area (Å²) in [7, 11) is -2.50. The van der Waals surface area contributed by atoms with Crippen molar-refractivity contribution < 1.29 is 0 Å². The molecule has 2 aromatic carbocycles. The lowest BCUT2D eigenvalue weighted by molar-refractivity contribution is 0.446. The largest absolute Gasteiger partial charge is 0.235 e. The van der Waals surface area contributed by atoms with Crippen molar-refractivity contribution in [1.82, 2.24) is 0 Å². The van der Waals surface area contributed by atoms with E-state index in [1.165, 1.54) is 68.2 Å². The van der Waals surface area contributed by atoms with Crippen LogP contribution in [0.4, 0.5) is 0 Å². The standard InChI is InChI=1S/C26H34BClSi/c1-2-3-6-21-26(27-22-13-11-14-23(27)16-12-15-22)29(28,24-17-7-4-8-18-24)25-19-9-5-10-20-25/h4-5,7-10,17-23H,2-3,6,11-16H2,1H3/b26-21-. The molecule has 2 heterocycles. The molecule has 0 radical (unpaired) electrons. The number of hydrogen-bond acceptors (Lipinski definition) is 0. The van der Waals surface area contributed by atoms with Crippen LogP contribution in [-0.4, -0.2) is 14.1 Å². The molecule has 2 aliphatic rings. The van der Waals surface area contributed by atoms with Crippen LogP contribution in [0.1, 0.15) is 64.7 Å². The molecular weight excluding hydrogens is 387 g/mol. The number of benzene rings is 2. The van der Waals surface area contributed by atoms with E-state index >= 15 is 0 Å². The summed E-state index contributed by atoms with van der Waals surface area (Å²) in [6, 6.07) is 22.1. The normalized spacial score (nSPS) is 22.6. The van der Waals surface area contributed by atoms with Crippen LogP contribution in [0.3, 0.4) is 0 Å². The Morgan fingerprint density at radius 1 is 0.897 bits per heavy atom. The molecule has 0 nitrogen and oxygen atoms in total. The Balaban J connectivity index is 1.86. The van der Waals surface area contributed by atoms with Gasteiger partial charge in [-0.25, -0.2) is 0 Å². The minimum absolute atomic E-state index is 0.693. The lowest BCUT2D eigenvalue weighted by atomic mass is 9.27. The van der Waals surface area contributed by atoms with Crippen LogP contribution in [-0.2, 0) is 0 Å². The average Bonchev–Trinajstić information content (AvgIpc) is 2.77. The highest BCUT2D eigenvalue weighted by atomic mass is 35.6. The van der Waals surface area contributed by atoms with E-state index in [0.717, 1.165) is 11.6 Å². The van der Waals surface area contributed by atoms with E-state index < -0.39 is 7.38 Å². The van der Waals surface area contributed by atoms with Gasteiger partial charge in [0.15, 0.2) is 6.71 Å². The summed E-state index contributed by atoms with van der Waals surface area (Å²) in [6.45, 7) is 2.99.